The minimum absolute atomic E-state index is 0.126. The second-order valence-corrected chi connectivity index (χ2v) is 9.13. The number of aryl methyl sites for hydroxylation is 1. The molecule has 6 nitrogen and oxygen atoms in total. The summed E-state index contributed by atoms with van der Waals surface area (Å²) in [5.41, 5.74) is 6.10. The molecule has 1 aromatic heterocycles. The van der Waals surface area contributed by atoms with Gasteiger partial charge in [0.25, 0.3) is 5.56 Å². The van der Waals surface area contributed by atoms with Gasteiger partial charge in [-0.1, -0.05) is 42.5 Å². The van der Waals surface area contributed by atoms with Gasteiger partial charge in [-0.2, -0.15) is 14.9 Å². The highest BCUT2D eigenvalue weighted by molar-refractivity contribution is 9.10. The van der Waals surface area contributed by atoms with Crippen molar-refractivity contribution in [1.82, 2.24) is 24.1 Å². The minimum atomic E-state index is -0.126. The maximum Gasteiger partial charge on any atom is 0.282 e. The first kappa shape index (κ1) is 20.6. The molecule has 0 bridgehead atoms. The monoisotopic (exact) mass is 509 g/mol. The number of aromatic nitrogens is 5. The van der Waals surface area contributed by atoms with Crippen molar-refractivity contribution < 1.29 is 0 Å². The first-order valence-electron chi connectivity index (χ1n) is 11.0. The molecule has 0 fully saturated rings. The number of rotatable bonds is 4. The molecule has 0 radical (unpaired) electrons. The minimum Gasteiger partial charge on any atom is -0.342 e. The number of hydrogen-bond donors (Lipinski definition) is 0. The Balaban J connectivity index is 1.49. The van der Waals surface area contributed by atoms with Crippen molar-refractivity contribution in [1.29, 1.82) is 0 Å². The van der Waals surface area contributed by atoms with Crippen LogP contribution in [-0.2, 0) is 6.54 Å². The average molecular weight is 510 g/mol. The molecule has 3 aromatic carbocycles. The maximum absolute atomic E-state index is 13.5. The number of para-hydroxylation sites is 2. The van der Waals surface area contributed by atoms with Gasteiger partial charge < -0.3 is 4.57 Å². The molecule has 0 aliphatic carbocycles. The zero-order valence-corrected chi connectivity index (χ0v) is 20.0. The van der Waals surface area contributed by atoms with E-state index in [9.17, 15) is 4.79 Å². The van der Waals surface area contributed by atoms with Crippen LogP contribution in [0.25, 0.3) is 33.5 Å². The quantitative estimate of drug-likeness (QED) is 0.311. The van der Waals surface area contributed by atoms with Crippen molar-refractivity contribution in [2.75, 3.05) is 0 Å². The van der Waals surface area contributed by atoms with Crippen molar-refractivity contribution in [3.63, 3.8) is 0 Å². The van der Waals surface area contributed by atoms with Gasteiger partial charge in [0.15, 0.2) is 0 Å². The number of benzene rings is 3. The van der Waals surface area contributed by atoms with E-state index in [0.29, 0.717) is 17.8 Å². The summed E-state index contributed by atoms with van der Waals surface area (Å²) in [6, 6.07) is 24.2. The topological polar surface area (TPSA) is 57.6 Å². The lowest BCUT2D eigenvalue weighted by Gasteiger charge is -2.14. The number of fused-ring (bicyclic) bond motifs is 3. The molecule has 4 aromatic rings. The van der Waals surface area contributed by atoms with Gasteiger partial charge in [0.05, 0.1) is 22.5 Å². The average Bonchev–Trinajstić information content (AvgIpc) is 3.49. The summed E-state index contributed by atoms with van der Waals surface area (Å²) in [7, 11) is 0. The van der Waals surface area contributed by atoms with E-state index in [4.69, 9.17) is 5.10 Å². The Morgan fingerprint density at radius 3 is 2.53 bits per heavy atom. The summed E-state index contributed by atoms with van der Waals surface area (Å²) >= 11 is 3.59. The van der Waals surface area contributed by atoms with E-state index >= 15 is 0 Å². The second kappa shape index (κ2) is 8.11. The molecular weight excluding hydrogens is 490 g/mol. The van der Waals surface area contributed by atoms with E-state index < -0.39 is 0 Å². The van der Waals surface area contributed by atoms with Gasteiger partial charge in [-0.15, -0.1) is 0 Å². The SMILES string of the molecule is Cc1cccc(Br)c1-n1nc2c3ccccc3n(Cc3ccc(-n4cccn4)cc3)cc-2c1=O. The summed E-state index contributed by atoms with van der Waals surface area (Å²) in [5.74, 6) is 0. The van der Waals surface area contributed by atoms with Gasteiger partial charge in [-0.25, -0.2) is 4.68 Å². The molecule has 166 valence electrons. The molecule has 6 rings (SSSR count). The molecule has 2 aliphatic heterocycles. The van der Waals surface area contributed by atoms with Gasteiger partial charge in [0, 0.05) is 35.0 Å². The van der Waals surface area contributed by atoms with E-state index in [2.05, 4.69) is 55.9 Å². The van der Waals surface area contributed by atoms with Crippen LogP contribution in [0.1, 0.15) is 11.1 Å². The Kier molecular flexibility index (Phi) is 4.92. The lowest BCUT2D eigenvalue weighted by atomic mass is 10.1. The van der Waals surface area contributed by atoms with Crippen LogP contribution < -0.4 is 5.56 Å². The Bertz CT molecular complexity index is 1640. The summed E-state index contributed by atoms with van der Waals surface area (Å²) in [5, 5.41) is 10.0. The molecule has 0 saturated heterocycles. The largest absolute Gasteiger partial charge is 0.342 e. The fraction of sp³-hybridized carbons (Fsp3) is 0.0741. The summed E-state index contributed by atoms with van der Waals surface area (Å²) in [6.07, 6.45) is 5.61. The molecule has 0 N–H and O–H groups in total. The van der Waals surface area contributed by atoms with E-state index in [1.54, 1.807) is 6.20 Å². The Morgan fingerprint density at radius 1 is 0.941 bits per heavy atom. The van der Waals surface area contributed by atoms with Crippen molar-refractivity contribution in [2.45, 2.75) is 13.5 Å². The Labute approximate surface area is 204 Å². The highest BCUT2D eigenvalue weighted by atomic mass is 79.9. The van der Waals surface area contributed by atoms with Crippen molar-refractivity contribution in [2.24, 2.45) is 0 Å². The molecule has 0 spiro atoms. The Morgan fingerprint density at radius 2 is 1.76 bits per heavy atom. The standard InChI is InChI=1S/C27H20BrN5O/c1-18-6-4-8-23(28)26(18)33-27(34)22-17-31(24-9-3-2-7-21(24)25(22)30-33)16-19-10-12-20(13-11-19)32-15-5-14-29-32/h2-15,17H,16H2,1H3. The lowest BCUT2D eigenvalue weighted by Crippen LogP contribution is -2.16. The third kappa shape index (κ3) is 3.36. The van der Waals surface area contributed by atoms with Gasteiger partial charge >= 0.3 is 0 Å². The lowest BCUT2D eigenvalue weighted by molar-refractivity contribution is 0.824. The number of pyridine rings is 1. The fourth-order valence-electron chi connectivity index (χ4n) is 4.43. The molecule has 0 unspecified atom stereocenters. The fourth-order valence-corrected chi connectivity index (χ4v) is 5.06. The van der Waals surface area contributed by atoms with Crippen LogP contribution in [-0.4, -0.2) is 24.1 Å². The molecule has 3 heterocycles. The van der Waals surface area contributed by atoms with Crippen LogP contribution in [0.3, 0.4) is 0 Å². The van der Waals surface area contributed by atoms with Gasteiger partial charge in [0.1, 0.15) is 5.69 Å². The smallest absolute Gasteiger partial charge is 0.282 e. The molecule has 34 heavy (non-hydrogen) atoms. The van der Waals surface area contributed by atoms with Crippen LogP contribution in [0.2, 0.25) is 0 Å². The maximum atomic E-state index is 13.5. The van der Waals surface area contributed by atoms with E-state index in [1.165, 1.54) is 4.68 Å². The highest BCUT2D eigenvalue weighted by Crippen LogP contribution is 2.30. The molecule has 2 aliphatic rings. The molecule has 0 saturated carbocycles. The van der Waals surface area contributed by atoms with E-state index in [0.717, 1.165) is 37.9 Å². The first-order chi connectivity index (χ1) is 16.6. The summed E-state index contributed by atoms with van der Waals surface area (Å²) in [6.45, 7) is 2.62. The normalized spacial score (nSPS) is 11.5. The molecular formula is C27H20BrN5O. The zero-order chi connectivity index (χ0) is 23.2. The first-order valence-corrected chi connectivity index (χ1v) is 11.7. The highest BCUT2D eigenvalue weighted by Gasteiger charge is 2.22. The third-order valence-electron chi connectivity index (χ3n) is 6.09. The number of hydrogen-bond acceptors (Lipinski definition) is 3. The second-order valence-electron chi connectivity index (χ2n) is 8.28. The molecule has 0 amide bonds. The van der Waals surface area contributed by atoms with Gasteiger partial charge in [-0.3, -0.25) is 4.79 Å². The van der Waals surface area contributed by atoms with E-state index in [-0.39, 0.29) is 5.56 Å². The van der Waals surface area contributed by atoms with Crippen LogP contribution in [0.4, 0.5) is 0 Å². The van der Waals surface area contributed by atoms with Crippen LogP contribution in [0, 0.1) is 6.92 Å². The van der Waals surface area contributed by atoms with E-state index in [1.807, 2.05) is 66.5 Å². The van der Waals surface area contributed by atoms with Crippen LogP contribution in [0.15, 0.2) is 101 Å². The van der Waals surface area contributed by atoms with Gasteiger partial charge in [0.2, 0.25) is 0 Å². The summed E-state index contributed by atoms with van der Waals surface area (Å²) in [4.78, 5) is 13.5. The van der Waals surface area contributed by atoms with Crippen LogP contribution in [0.5, 0.6) is 0 Å². The predicted octanol–water partition coefficient (Wildman–Crippen LogP) is 5.60. The van der Waals surface area contributed by atoms with Crippen molar-refractivity contribution >= 4 is 26.8 Å². The molecule has 7 heteroatoms. The zero-order valence-electron chi connectivity index (χ0n) is 18.4. The van der Waals surface area contributed by atoms with Crippen molar-refractivity contribution in [3.05, 3.63) is 117 Å². The van der Waals surface area contributed by atoms with Gasteiger partial charge in [-0.05, 0) is 64.3 Å². The van der Waals surface area contributed by atoms with Crippen LogP contribution >= 0.6 is 15.9 Å². The van der Waals surface area contributed by atoms with Crippen molar-refractivity contribution in [3.8, 4) is 22.6 Å². The Hall–Kier alpha value is -3.97. The molecule has 0 atom stereocenters. The number of halogens is 1. The third-order valence-corrected chi connectivity index (χ3v) is 6.73. The number of nitrogens with zero attached hydrogens (tertiary/aromatic N) is 5. The summed E-state index contributed by atoms with van der Waals surface area (Å²) < 4.78 is 6.31. The predicted molar refractivity (Wildman–Crippen MR) is 137 cm³/mol.